The lowest BCUT2D eigenvalue weighted by molar-refractivity contribution is -0.123. The number of anilines is 2. The maximum absolute atomic E-state index is 12.5. The first kappa shape index (κ1) is 18.7. The van der Waals surface area contributed by atoms with Gasteiger partial charge in [-0.3, -0.25) is 9.59 Å². The van der Waals surface area contributed by atoms with Gasteiger partial charge in [-0.2, -0.15) is 5.10 Å². The van der Waals surface area contributed by atoms with E-state index in [1.54, 1.807) is 28.9 Å². The number of fused-ring (bicyclic) bond motifs is 1. The molecule has 1 aliphatic rings. The molecule has 2 amide bonds. The summed E-state index contributed by atoms with van der Waals surface area (Å²) < 4.78 is 7.02. The summed E-state index contributed by atoms with van der Waals surface area (Å²) in [5, 5.41) is 10.2. The molecule has 2 N–H and O–H groups in total. The molecule has 2 aromatic carbocycles. The molecule has 2 heterocycles. The van der Waals surface area contributed by atoms with Gasteiger partial charge in [0.15, 0.2) is 0 Å². The summed E-state index contributed by atoms with van der Waals surface area (Å²) in [4.78, 5) is 25.1. The van der Waals surface area contributed by atoms with Crippen molar-refractivity contribution in [3.63, 3.8) is 0 Å². The molecule has 0 saturated carbocycles. The van der Waals surface area contributed by atoms with Crippen molar-refractivity contribution in [3.05, 3.63) is 60.3 Å². The molecular formula is C22H22N4O3. The van der Waals surface area contributed by atoms with E-state index in [2.05, 4.69) is 15.7 Å². The molecule has 0 saturated heterocycles. The van der Waals surface area contributed by atoms with Gasteiger partial charge in [0.05, 0.1) is 18.7 Å². The van der Waals surface area contributed by atoms with E-state index in [0.29, 0.717) is 18.1 Å². The number of rotatable bonds is 6. The minimum absolute atomic E-state index is 0.00138. The van der Waals surface area contributed by atoms with Crippen LogP contribution in [0.5, 0.6) is 5.75 Å². The van der Waals surface area contributed by atoms with Crippen LogP contribution in [0.2, 0.25) is 0 Å². The second-order valence-corrected chi connectivity index (χ2v) is 6.83. The Morgan fingerprint density at radius 3 is 2.59 bits per heavy atom. The zero-order valence-corrected chi connectivity index (χ0v) is 16.3. The molecule has 3 aromatic rings. The van der Waals surface area contributed by atoms with Crippen LogP contribution in [0.3, 0.4) is 0 Å². The van der Waals surface area contributed by atoms with Gasteiger partial charge in [0.25, 0.3) is 5.91 Å². The lowest BCUT2D eigenvalue weighted by Gasteiger charge is -2.10. The van der Waals surface area contributed by atoms with Gasteiger partial charge in [-0.15, -0.1) is 0 Å². The van der Waals surface area contributed by atoms with E-state index in [0.717, 1.165) is 22.6 Å². The van der Waals surface area contributed by atoms with Crippen molar-refractivity contribution in [2.45, 2.75) is 26.3 Å². The lowest BCUT2D eigenvalue weighted by Crippen LogP contribution is -2.23. The Bertz CT molecular complexity index is 1040. The Morgan fingerprint density at radius 1 is 1.17 bits per heavy atom. The van der Waals surface area contributed by atoms with E-state index < -0.39 is 6.04 Å². The van der Waals surface area contributed by atoms with Gasteiger partial charge in [-0.05, 0) is 43.7 Å². The van der Waals surface area contributed by atoms with Crippen LogP contribution in [0.4, 0.5) is 11.5 Å². The smallest absolute Gasteiger partial charge is 0.251 e. The van der Waals surface area contributed by atoms with Crippen molar-refractivity contribution >= 4 is 23.3 Å². The second kappa shape index (κ2) is 7.79. The molecular weight excluding hydrogens is 368 g/mol. The van der Waals surface area contributed by atoms with Gasteiger partial charge in [0.2, 0.25) is 5.91 Å². The van der Waals surface area contributed by atoms with Gasteiger partial charge < -0.3 is 15.4 Å². The molecule has 4 rings (SSSR count). The summed E-state index contributed by atoms with van der Waals surface area (Å²) in [6.07, 6.45) is 0.00138. The number of carbonyl (C=O) groups is 2. The molecule has 148 valence electrons. The van der Waals surface area contributed by atoms with Crippen LogP contribution in [0.15, 0.2) is 54.6 Å². The van der Waals surface area contributed by atoms with Crippen molar-refractivity contribution in [3.8, 4) is 16.9 Å². The number of hydrogen-bond acceptors (Lipinski definition) is 4. The second-order valence-electron chi connectivity index (χ2n) is 6.83. The molecule has 0 radical (unpaired) electrons. The highest BCUT2D eigenvalue weighted by molar-refractivity contribution is 6.04. The van der Waals surface area contributed by atoms with Gasteiger partial charge in [-0.1, -0.05) is 30.3 Å². The van der Waals surface area contributed by atoms with E-state index in [-0.39, 0.29) is 18.2 Å². The maximum Gasteiger partial charge on any atom is 0.251 e. The third-order valence-electron chi connectivity index (χ3n) is 4.82. The van der Waals surface area contributed by atoms with Crippen LogP contribution >= 0.6 is 0 Å². The van der Waals surface area contributed by atoms with Crippen LogP contribution in [-0.4, -0.2) is 28.2 Å². The van der Waals surface area contributed by atoms with E-state index in [1.807, 2.05) is 44.2 Å². The van der Waals surface area contributed by atoms with Gasteiger partial charge >= 0.3 is 0 Å². The Labute approximate surface area is 168 Å². The molecule has 1 atom stereocenters. The van der Waals surface area contributed by atoms with E-state index in [9.17, 15) is 9.59 Å². The van der Waals surface area contributed by atoms with E-state index in [4.69, 9.17) is 4.74 Å². The first-order chi connectivity index (χ1) is 14.1. The fraction of sp³-hybridized carbons (Fsp3) is 0.227. The summed E-state index contributed by atoms with van der Waals surface area (Å²) >= 11 is 0. The highest BCUT2D eigenvalue weighted by atomic mass is 16.5. The molecule has 29 heavy (non-hydrogen) atoms. The fourth-order valence-electron chi connectivity index (χ4n) is 3.52. The minimum atomic E-state index is -0.677. The normalized spacial score (nSPS) is 15.0. The van der Waals surface area contributed by atoms with Gasteiger partial charge in [-0.25, -0.2) is 4.68 Å². The number of ether oxygens (including phenoxy) is 1. The summed E-state index contributed by atoms with van der Waals surface area (Å²) in [7, 11) is 0. The Kier molecular flexibility index (Phi) is 5.03. The van der Waals surface area contributed by atoms with Crippen molar-refractivity contribution < 1.29 is 14.3 Å². The highest BCUT2D eigenvalue weighted by Crippen LogP contribution is 2.38. The van der Waals surface area contributed by atoms with Crippen LogP contribution in [0.25, 0.3) is 11.1 Å². The molecule has 7 heteroatoms. The predicted molar refractivity (Wildman–Crippen MR) is 111 cm³/mol. The average molecular weight is 390 g/mol. The summed E-state index contributed by atoms with van der Waals surface area (Å²) in [5.74, 6) is 0.895. The minimum Gasteiger partial charge on any atom is -0.494 e. The number of nitrogens with one attached hydrogen (secondary N) is 2. The summed E-state index contributed by atoms with van der Waals surface area (Å²) in [6.45, 7) is 4.40. The molecule has 0 aliphatic carbocycles. The number of hydrogen-bond donors (Lipinski definition) is 2. The quantitative estimate of drug-likeness (QED) is 0.671. The van der Waals surface area contributed by atoms with Gasteiger partial charge in [0, 0.05) is 11.3 Å². The van der Waals surface area contributed by atoms with E-state index in [1.165, 1.54) is 0 Å². The number of amides is 2. The number of aromatic nitrogens is 2. The number of nitrogens with zero attached hydrogens (tertiary/aromatic N) is 2. The predicted octanol–water partition coefficient (Wildman–Crippen LogP) is 3.78. The number of benzene rings is 2. The number of carbonyl (C=O) groups excluding carboxylic acids is 2. The molecule has 0 bridgehead atoms. The topological polar surface area (TPSA) is 85.2 Å². The monoisotopic (exact) mass is 390 g/mol. The molecule has 0 fully saturated rings. The zero-order chi connectivity index (χ0) is 20.4. The first-order valence-corrected chi connectivity index (χ1v) is 9.55. The number of aryl methyl sites for hydroxylation is 1. The molecule has 0 spiro atoms. The average Bonchev–Trinajstić information content (AvgIpc) is 3.18. The lowest BCUT2D eigenvalue weighted by atomic mass is 10.1. The summed E-state index contributed by atoms with van der Waals surface area (Å²) in [5.41, 5.74) is 3.32. The largest absolute Gasteiger partial charge is 0.494 e. The fourth-order valence-corrected chi connectivity index (χ4v) is 3.52. The zero-order valence-electron chi connectivity index (χ0n) is 16.3. The molecule has 7 nitrogen and oxygen atoms in total. The molecule has 1 unspecified atom stereocenters. The Morgan fingerprint density at radius 2 is 1.90 bits per heavy atom. The van der Waals surface area contributed by atoms with Crippen molar-refractivity contribution in [2.24, 2.45) is 0 Å². The SMILES string of the molecule is CCOc1ccc(NC(=O)CC2C(=O)Nc3c(-c4ccccc4)c(C)nn32)cc1. The van der Waals surface area contributed by atoms with Crippen LogP contribution in [0, 0.1) is 6.92 Å². The van der Waals surface area contributed by atoms with Crippen molar-refractivity contribution in [1.82, 2.24) is 9.78 Å². The molecule has 1 aromatic heterocycles. The van der Waals surface area contributed by atoms with E-state index >= 15 is 0 Å². The highest BCUT2D eigenvalue weighted by Gasteiger charge is 2.36. The first-order valence-electron chi connectivity index (χ1n) is 9.55. The molecule has 1 aliphatic heterocycles. The third-order valence-corrected chi connectivity index (χ3v) is 4.82. The Balaban J connectivity index is 1.51. The van der Waals surface area contributed by atoms with Crippen molar-refractivity contribution in [1.29, 1.82) is 0 Å². The van der Waals surface area contributed by atoms with Crippen molar-refractivity contribution in [2.75, 3.05) is 17.2 Å². The van der Waals surface area contributed by atoms with Crippen LogP contribution in [-0.2, 0) is 9.59 Å². The summed E-state index contributed by atoms with van der Waals surface area (Å²) in [6, 6.07) is 16.2. The maximum atomic E-state index is 12.5. The standard InChI is InChI=1S/C22H22N4O3/c1-3-29-17-11-9-16(10-12-17)23-19(27)13-18-22(28)24-21-20(14(2)25-26(18)21)15-7-5-4-6-8-15/h4-12,18H,3,13H2,1-2H3,(H,23,27)(H,24,28). The Hall–Kier alpha value is -3.61. The van der Waals surface area contributed by atoms with Gasteiger partial charge in [0.1, 0.15) is 17.6 Å². The van der Waals surface area contributed by atoms with Crippen LogP contribution < -0.4 is 15.4 Å². The van der Waals surface area contributed by atoms with Crippen LogP contribution in [0.1, 0.15) is 25.1 Å². The third kappa shape index (κ3) is 3.71.